The van der Waals surface area contributed by atoms with Gasteiger partial charge in [0.1, 0.15) is 0 Å². The Kier molecular flexibility index (Phi) is 5.81. The molecule has 0 spiro atoms. The molecule has 2 N–H and O–H groups in total. The summed E-state index contributed by atoms with van der Waals surface area (Å²) in [6, 6.07) is 18.1. The predicted molar refractivity (Wildman–Crippen MR) is 83.3 cm³/mol. The van der Waals surface area contributed by atoms with E-state index in [9.17, 15) is 10.2 Å². The summed E-state index contributed by atoms with van der Waals surface area (Å²) in [5, 5.41) is 19.8. The molecule has 0 aliphatic rings. The van der Waals surface area contributed by atoms with Crippen molar-refractivity contribution < 1.29 is 10.2 Å². The van der Waals surface area contributed by atoms with Crippen molar-refractivity contribution in [1.82, 2.24) is 0 Å². The molecule has 2 atom stereocenters. The third-order valence-corrected chi connectivity index (χ3v) is 6.06. The van der Waals surface area contributed by atoms with Crippen LogP contribution in [0.3, 0.4) is 0 Å². The topological polar surface area (TPSA) is 40.5 Å². The zero-order valence-electron chi connectivity index (χ0n) is 11.6. The maximum absolute atomic E-state index is 10.1. The van der Waals surface area contributed by atoms with Gasteiger partial charge in [-0.2, -0.15) is 0 Å². The van der Waals surface area contributed by atoms with Crippen molar-refractivity contribution in [3.8, 4) is 0 Å². The van der Waals surface area contributed by atoms with Gasteiger partial charge in [-0.05, 0) is 0 Å². The SMILES string of the molecule is CC[C@@H](O)c1ccccc1[Se][C@H](CO)c1ccccc1. The first kappa shape index (κ1) is 15.3. The second kappa shape index (κ2) is 7.61. The van der Waals surface area contributed by atoms with E-state index >= 15 is 0 Å². The van der Waals surface area contributed by atoms with Crippen LogP contribution in [-0.2, 0) is 0 Å². The van der Waals surface area contributed by atoms with Gasteiger partial charge in [0.2, 0.25) is 0 Å². The van der Waals surface area contributed by atoms with Crippen LogP contribution >= 0.6 is 0 Å². The van der Waals surface area contributed by atoms with E-state index in [0.717, 1.165) is 11.1 Å². The van der Waals surface area contributed by atoms with E-state index in [1.165, 1.54) is 4.46 Å². The van der Waals surface area contributed by atoms with Crippen molar-refractivity contribution in [2.75, 3.05) is 6.61 Å². The molecule has 0 heterocycles. The zero-order valence-corrected chi connectivity index (χ0v) is 13.3. The van der Waals surface area contributed by atoms with Crippen molar-refractivity contribution in [3.05, 3.63) is 65.7 Å². The number of hydrogen-bond donors (Lipinski definition) is 2. The molecule has 0 amide bonds. The van der Waals surface area contributed by atoms with E-state index in [1.807, 2.05) is 43.3 Å². The Balaban J connectivity index is 2.24. The number of benzene rings is 2. The van der Waals surface area contributed by atoms with Crippen LogP contribution in [0.15, 0.2) is 54.6 Å². The van der Waals surface area contributed by atoms with Gasteiger partial charge in [-0.1, -0.05) is 0 Å². The molecular formula is C17H20O2Se. The van der Waals surface area contributed by atoms with Crippen molar-refractivity contribution in [2.24, 2.45) is 0 Å². The van der Waals surface area contributed by atoms with Gasteiger partial charge in [0.25, 0.3) is 0 Å². The molecule has 2 nitrogen and oxygen atoms in total. The minimum atomic E-state index is -0.414. The maximum atomic E-state index is 10.1. The van der Waals surface area contributed by atoms with Gasteiger partial charge < -0.3 is 0 Å². The molecule has 0 aliphatic carbocycles. The van der Waals surface area contributed by atoms with Crippen molar-refractivity contribution in [2.45, 2.75) is 24.3 Å². The third kappa shape index (κ3) is 3.71. The van der Waals surface area contributed by atoms with Crippen LogP contribution in [0.25, 0.3) is 0 Å². The Bertz CT molecular complexity index is 528. The Labute approximate surface area is 126 Å². The van der Waals surface area contributed by atoms with Crippen LogP contribution < -0.4 is 4.46 Å². The fourth-order valence-electron chi connectivity index (χ4n) is 2.11. The average Bonchev–Trinajstić information content (AvgIpc) is 2.53. The van der Waals surface area contributed by atoms with Crippen molar-refractivity contribution in [1.29, 1.82) is 0 Å². The number of hydrogen-bond acceptors (Lipinski definition) is 2. The van der Waals surface area contributed by atoms with Crippen LogP contribution in [0.1, 0.15) is 35.4 Å². The molecule has 0 radical (unpaired) electrons. The fraction of sp³-hybridized carbons (Fsp3) is 0.294. The number of rotatable bonds is 6. The van der Waals surface area contributed by atoms with Crippen LogP contribution in [0.4, 0.5) is 0 Å². The Morgan fingerprint density at radius 2 is 1.65 bits per heavy atom. The standard InChI is InChI=1S/C17H20O2Se/c1-2-15(19)14-10-6-7-11-16(14)20-17(12-18)13-8-4-3-5-9-13/h3-11,15,17-19H,2,12H2,1H3/t15-,17-/m1/s1. The fourth-order valence-corrected chi connectivity index (χ4v) is 4.57. The molecule has 0 fully saturated rings. The summed E-state index contributed by atoms with van der Waals surface area (Å²) < 4.78 is 1.18. The first-order valence-electron chi connectivity index (χ1n) is 6.85. The van der Waals surface area contributed by atoms with Crippen LogP contribution in [0, 0.1) is 0 Å². The number of aliphatic hydroxyl groups is 2. The molecule has 3 heteroatoms. The van der Waals surface area contributed by atoms with Gasteiger partial charge in [0.05, 0.1) is 0 Å². The van der Waals surface area contributed by atoms with Gasteiger partial charge in [-0.15, -0.1) is 0 Å². The summed E-state index contributed by atoms with van der Waals surface area (Å²) >= 11 is 0.100. The van der Waals surface area contributed by atoms with Gasteiger partial charge in [0, 0.05) is 0 Å². The van der Waals surface area contributed by atoms with Gasteiger partial charge in [-0.3, -0.25) is 0 Å². The third-order valence-electron chi connectivity index (χ3n) is 3.27. The second-order valence-electron chi connectivity index (χ2n) is 4.66. The summed E-state index contributed by atoms with van der Waals surface area (Å²) in [5.74, 6) is 0. The quantitative estimate of drug-likeness (QED) is 0.795. The molecule has 20 heavy (non-hydrogen) atoms. The molecule has 2 aromatic carbocycles. The first-order chi connectivity index (χ1) is 9.76. The molecule has 0 saturated heterocycles. The predicted octanol–water partition coefficient (Wildman–Crippen LogP) is 2.19. The van der Waals surface area contributed by atoms with Crippen LogP contribution in [0.5, 0.6) is 0 Å². The van der Waals surface area contributed by atoms with E-state index in [-0.39, 0.29) is 26.4 Å². The molecule has 0 unspecified atom stereocenters. The molecule has 0 bridgehead atoms. The molecule has 106 valence electrons. The van der Waals surface area contributed by atoms with E-state index in [1.54, 1.807) is 0 Å². The molecular weight excluding hydrogens is 315 g/mol. The van der Waals surface area contributed by atoms with Gasteiger partial charge in [0.15, 0.2) is 0 Å². The normalized spacial score (nSPS) is 13.9. The molecule has 0 saturated carbocycles. The second-order valence-corrected chi connectivity index (χ2v) is 7.27. The van der Waals surface area contributed by atoms with E-state index < -0.39 is 6.10 Å². The Hall–Kier alpha value is -1.12. The van der Waals surface area contributed by atoms with Crippen LogP contribution in [-0.4, -0.2) is 31.8 Å². The van der Waals surface area contributed by atoms with E-state index in [4.69, 9.17) is 0 Å². The van der Waals surface area contributed by atoms with Crippen molar-refractivity contribution in [3.63, 3.8) is 0 Å². The summed E-state index contributed by atoms with van der Waals surface area (Å²) in [7, 11) is 0. The first-order valence-corrected chi connectivity index (χ1v) is 8.70. The van der Waals surface area contributed by atoms with Crippen molar-refractivity contribution >= 4 is 19.4 Å². The summed E-state index contributed by atoms with van der Waals surface area (Å²) in [5.41, 5.74) is 2.17. The molecule has 2 rings (SSSR count). The van der Waals surface area contributed by atoms with Gasteiger partial charge >= 0.3 is 126 Å². The molecule has 0 aliphatic heterocycles. The van der Waals surface area contributed by atoms with Gasteiger partial charge in [-0.25, -0.2) is 0 Å². The Morgan fingerprint density at radius 1 is 1.00 bits per heavy atom. The monoisotopic (exact) mass is 336 g/mol. The molecule has 0 aromatic heterocycles. The summed E-state index contributed by atoms with van der Waals surface area (Å²) in [6.45, 7) is 2.12. The summed E-state index contributed by atoms with van der Waals surface area (Å²) in [4.78, 5) is 0.133. The Morgan fingerprint density at radius 3 is 2.30 bits per heavy atom. The summed E-state index contributed by atoms with van der Waals surface area (Å²) in [6.07, 6.45) is 0.297. The number of aliphatic hydroxyl groups excluding tert-OH is 2. The average molecular weight is 335 g/mol. The van der Waals surface area contributed by atoms with E-state index in [0.29, 0.717) is 6.42 Å². The van der Waals surface area contributed by atoms with E-state index in [2.05, 4.69) is 18.2 Å². The molecule has 2 aromatic rings. The minimum absolute atomic E-state index is 0.100. The zero-order chi connectivity index (χ0) is 14.4. The van der Waals surface area contributed by atoms with Crippen LogP contribution in [0.2, 0.25) is 0 Å².